The van der Waals surface area contributed by atoms with Crippen LogP contribution in [0.2, 0.25) is 0 Å². The van der Waals surface area contributed by atoms with E-state index in [0.29, 0.717) is 12.1 Å². The van der Waals surface area contributed by atoms with Crippen LogP contribution < -0.4 is 10.6 Å². The number of anilines is 1. The lowest BCUT2D eigenvalue weighted by molar-refractivity contribution is 0.0120. The molecule has 1 aliphatic heterocycles. The van der Waals surface area contributed by atoms with Gasteiger partial charge >= 0.3 is 6.03 Å². The second kappa shape index (κ2) is 7.87. The summed E-state index contributed by atoms with van der Waals surface area (Å²) in [6.45, 7) is 1.31. The molecule has 0 aliphatic carbocycles. The molecular formula is C16H20FN5O2. The highest BCUT2D eigenvalue weighted by atomic mass is 19.1. The maximum Gasteiger partial charge on any atom is 0.321 e. The van der Waals surface area contributed by atoms with Crippen LogP contribution in [0.15, 0.2) is 24.3 Å². The number of aromatic nitrogens is 3. The average molecular weight is 333 g/mol. The van der Waals surface area contributed by atoms with Gasteiger partial charge < -0.3 is 10.1 Å². The Labute approximate surface area is 139 Å². The van der Waals surface area contributed by atoms with Gasteiger partial charge in [-0.2, -0.15) is 4.98 Å². The predicted octanol–water partition coefficient (Wildman–Crippen LogP) is 2.69. The molecule has 1 fully saturated rings. The standard InChI is InChI=1S/C16H20FN5O2/c17-13-7-2-1-6-12(13)14-19-15(22-21-14)20-16(23)18-9-8-11-5-3-4-10-24-11/h1-2,6-7,11H,3-5,8-10H2,(H3,18,19,20,21,22,23). The van der Waals surface area contributed by atoms with E-state index in [0.717, 1.165) is 25.9 Å². The molecule has 0 spiro atoms. The lowest BCUT2D eigenvalue weighted by atomic mass is 10.1. The van der Waals surface area contributed by atoms with Crippen molar-refractivity contribution in [1.29, 1.82) is 0 Å². The normalized spacial score (nSPS) is 17.5. The van der Waals surface area contributed by atoms with Gasteiger partial charge in [0, 0.05) is 13.2 Å². The Morgan fingerprint density at radius 2 is 2.25 bits per heavy atom. The molecular weight excluding hydrogens is 313 g/mol. The molecule has 2 amide bonds. The van der Waals surface area contributed by atoms with Gasteiger partial charge in [-0.05, 0) is 37.8 Å². The maximum atomic E-state index is 13.7. The number of nitrogens with zero attached hydrogens (tertiary/aromatic N) is 2. The number of halogens is 1. The number of amides is 2. The van der Waals surface area contributed by atoms with E-state index >= 15 is 0 Å². The van der Waals surface area contributed by atoms with Gasteiger partial charge in [0.1, 0.15) is 5.82 Å². The summed E-state index contributed by atoms with van der Waals surface area (Å²) in [7, 11) is 0. The van der Waals surface area contributed by atoms with Crippen LogP contribution in [0.3, 0.4) is 0 Å². The third kappa shape index (κ3) is 4.29. The van der Waals surface area contributed by atoms with E-state index in [1.165, 1.54) is 12.5 Å². The van der Waals surface area contributed by atoms with Crippen LogP contribution in [0, 0.1) is 5.82 Å². The van der Waals surface area contributed by atoms with Crippen LogP contribution in [-0.4, -0.2) is 40.5 Å². The van der Waals surface area contributed by atoms with E-state index in [1.807, 2.05) is 0 Å². The van der Waals surface area contributed by atoms with Crippen LogP contribution in [0.4, 0.5) is 15.1 Å². The Balaban J connectivity index is 1.47. The fraction of sp³-hybridized carbons (Fsp3) is 0.438. The summed E-state index contributed by atoms with van der Waals surface area (Å²) in [6, 6.07) is 5.82. The highest BCUT2D eigenvalue weighted by Gasteiger charge is 2.14. The van der Waals surface area contributed by atoms with Gasteiger partial charge in [0.15, 0.2) is 5.82 Å². The number of hydrogen-bond acceptors (Lipinski definition) is 4. The number of H-pyrrole nitrogens is 1. The number of carbonyl (C=O) groups is 1. The quantitative estimate of drug-likeness (QED) is 0.784. The lowest BCUT2D eigenvalue weighted by Gasteiger charge is -2.22. The van der Waals surface area contributed by atoms with Gasteiger partial charge in [0.05, 0.1) is 11.7 Å². The Bertz CT molecular complexity index is 685. The number of aromatic amines is 1. The fourth-order valence-electron chi connectivity index (χ4n) is 2.62. The molecule has 1 aliphatic rings. The Kier molecular flexibility index (Phi) is 5.37. The van der Waals surface area contributed by atoms with Crippen molar-refractivity contribution in [2.24, 2.45) is 0 Å². The number of benzene rings is 1. The topological polar surface area (TPSA) is 91.9 Å². The summed E-state index contributed by atoms with van der Waals surface area (Å²) in [4.78, 5) is 15.9. The van der Waals surface area contributed by atoms with Crippen molar-refractivity contribution >= 4 is 12.0 Å². The molecule has 1 unspecified atom stereocenters. The summed E-state index contributed by atoms with van der Waals surface area (Å²) < 4.78 is 19.3. The number of nitrogens with one attached hydrogen (secondary N) is 3. The molecule has 2 aromatic rings. The Morgan fingerprint density at radius 3 is 3.04 bits per heavy atom. The average Bonchev–Trinajstić information content (AvgIpc) is 3.04. The first kappa shape index (κ1) is 16.4. The van der Waals surface area contributed by atoms with Crippen molar-refractivity contribution in [2.75, 3.05) is 18.5 Å². The first-order valence-corrected chi connectivity index (χ1v) is 8.06. The summed E-state index contributed by atoms with van der Waals surface area (Å²) in [6.07, 6.45) is 4.32. The second-order valence-corrected chi connectivity index (χ2v) is 5.65. The van der Waals surface area contributed by atoms with Crippen LogP contribution in [0.25, 0.3) is 11.4 Å². The van der Waals surface area contributed by atoms with E-state index in [4.69, 9.17) is 4.74 Å². The van der Waals surface area contributed by atoms with Gasteiger partial charge in [-0.1, -0.05) is 12.1 Å². The predicted molar refractivity (Wildman–Crippen MR) is 87.0 cm³/mol. The Morgan fingerprint density at radius 1 is 1.38 bits per heavy atom. The highest BCUT2D eigenvalue weighted by Crippen LogP contribution is 2.19. The zero-order valence-electron chi connectivity index (χ0n) is 13.2. The minimum atomic E-state index is -0.405. The van der Waals surface area contributed by atoms with Gasteiger partial charge in [-0.3, -0.25) is 10.4 Å². The van der Waals surface area contributed by atoms with Crippen LogP contribution in [0.1, 0.15) is 25.7 Å². The molecule has 2 heterocycles. The lowest BCUT2D eigenvalue weighted by Crippen LogP contribution is -2.32. The Hall–Kier alpha value is -2.48. The second-order valence-electron chi connectivity index (χ2n) is 5.65. The molecule has 3 rings (SSSR count). The third-order valence-corrected chi connectivity index (χ3v) is 3.87. The summed E-state index contributed by atoms with van der Waals surface area (Å²) in [5.41, 5.74) is 0.299. The molecule has 1 aromatic heterocycles. The van der Waals surface area contributed by atoms with Crippen LogP contribution in [0.5, 0.6) is 0 Å². The molecule has 8 heteroatoms. The molecule has 0 bridgehead atoms. The smallest absolute Gasteiger partial charge is 0.321 e. The largest absolute Gasteiger partial charge is 0.378 e. The molecule has 1 aromatic carbocycles. The highest BCUT2D eigenvalue weighted by molar-refractivity contribution is 5.87. The van der Waals surface area contributed by atoms with E-state index in [2.05, 4.69) is 25.8 Å². The van der Waals surface area contributed by atoms with Gasteiger partial charge in [-0.15, -0.1) is 5.10 Å². The zero-order chi connectivity index (χ0) is 16.8. The molecule has 1 atom stereocenters. The van der Waals surface area contributed by atoms with Crippen molar-refractivity contribution in [3.8, 4) is 11.4 Å². The van der Waals surface area contributed by atoms with Gasteiger partial charge in [0.25, 0.3) is 0 Å². The first-order valence-electron chi connectivity index (χ1n) is 8.06. The summed E-state index contributed by atoms with van der Waals surface area (Å²) >= 11 is 0. The minimum absolute atomic E-state index is 0.0969. The van der Waals surface area contributed by atoms with Crippen LogP contribution in [-0.2, 0) is 4.74 Å². The van der Waals surface area contributed by atoms with Gasteiger partial charge in [0.2, 0.25) is 5.95 Å². The minimum Gasteiger partial charge on any atom is -0.378 e. The number of hydrogen-bond donors (Lipinski definition) is 3. The number of urea groups is 1. The molecule has 128 valence electrons. The SMILES string of the molecule is O=C(NCCC1CCCCO1)Nc1n[nH]c(-c2ccccc2F)n1. The number of rotatable bonds is 5. The van der Waals surface area contributed by atoms with Gasteiger partial charge in [-0.25, -0.2) is 9.18 Å². The number of carbonyl (C=O) groups excluding carboxylic acids is 1. The molecule has 0 saturated carbocycles. The summed E-state index contributed by atoms with van der Waals surface area (Å²) in [5.74, 6) is -0.0455. The fourth-order valence-corrected chi connectivity index (χ4v) is 2.62. The van der Waals surface area contributed by atoms with E-state index < -0.39 is 11.8 Å². The number of ether oxygens (including phenoxy) is 1. The summed E-state index contributed by atoms with van der Waals surface area (Å²) in [5, 5.41) is 11.7. The van der Waals surface area contributed by atoms with E-state index in [-0.39, 0.29) is 17.9 Å². The maximum absolute atomic E-state index is 13.7. The molecule has 3 N–H and O–H groups in total. The van der Waals surface area contributed by atoms with E-state index in [9.17, 15) is 9.18 Å². The van der Waals surface area contributed by atoms with Crippen molar-refractivity contribution < 1.29 is 13.9 Å². The molecule has 1 saturated heterocycles. The molecule has 7 nitrogen and oxygen atoms in total. The van der Waals surface area contributed by atoms with Crippen molar-refractivity contribution in [3.05, 3.63) is 30.1 Å². The van der Waals surface area contributed by atoms with Crippen LogP contribution >= 0.6 is 0 Å². The first-order chi connectivity index (χ1) is 11.7. The molecule has 24 heavy (non-hydrogen) atoms. The third-order valence-electron chi connectivity index (χ3n) is 3.87. The molecule has 0 radical (unpaired) electrons. The van der Waals surface area contributed by atoms with Crippen molar-refractivity contribution in [1.82, 2.24) is 20.5 Å². The monoisotopic (exact) mass is 333 g/mol. The van der Waals surface area contributed by atoms with Crippen molar-refractivity contribution in [3.63, 3.8) is 0 Å². The van der Waals surface area contributed by atoms with Crippen molar-refractivity contribution in [2.45, 2.75) is 31.8 Å². The zero-order valence-corrected chi connectivity index (χ0v) is 13.2. The van der Waals surface area contributed by atoms with E-state index in [1.54, 1.807) is 18.2 Å².